The molecule has 18 heavy (non-hydrogen) atoms. The molecule has 1 saturated carbocycles. The zero-order valence-electron chi connectivity index (χ0n) is 11.7. The molecule has 0 aromatic carbocycles. The van der Waals surface area contributed by atoms with Crippen molar-refractivity contribution >= 4 is 6.09 Å². The lowest BCUT2D eigenvalue weighted by atomic mass is 9.69. The van der Waals surface area contributed by atoms with Gasteiger partial charge >= 0.3 is 6.09 Å². The van der Waals surface area contributed by atoms with Crippen molar-refractivity contribution in [3.05, 3.63) is 0 Å². The average molecular weight is 255 g/mol. The number of carbonyl (C=O) groups is 1. The standard InChI is InChI=1S/C14H25NO3/c1-13(2,3)18-12(17)15-8-11-6-4-5-7-14(11,9-15)10-16/h11,16H,4-10H2,1-3H3/t11-,14+/m0/s1. The number of amides is 1. The highest BCUT2D eigenvalue weighted by Gasteiger charge is 2.49. The van der Waals surface area contributed by atoms with Gasteiger partial charge in [-0.3, -0.25) is 0 Å². The van der Waals surface area contributed by atoms with E-state index in [0.29, 0.717) is 12.5 Å². The maximum Gasteiger partial charge on any atom is 0.410 e. The van der Waals surface area contributed by atoms with Crippen LogP contribution in [0.3, 0.4) is 0 Å². The van der Waals surface area contributed by atoms with E-state index >= 15 is 0 Å². The molecule has 1 aliphatic carbocycles. The predicted octanol–water partition coefficient (Wildman–Crippen LogP) is 2.41. The van der Waals surface area contributed by atoms with Crippen molar-refractivity contribution in [1.29, 1.82) is 0 Å². The molecule has 1 saturated heterocycles. The van der Waals surface area contributed by atoms with E-state index in [4.69, 9.17) is 4.74 Å². The van der Waals surface area contributed by atoms with Gasteiger partial charge in [0.05, 0.1) is 6.61 Å². The summed E-state index contributed by atoms with van der Waals surface area (Å²) in [6.45, 7) is 7.25. The lowest BCUT2D eigenvalue weighted by molar-refractivity contribution is 0.0236. The number of ether oxygens (including phenoxy) is 1. The Hall–Kier alpha value is -0.770. The first-order chi connectivity index (χ1) is 8.36. The molecular weight excluding hydrogens is 230 g/mol. The van der Waals surface area contributed by atoms with Crippen LogP contribution in [0.2, 0.25) is 0 Å². The van der Waals surface area contributed by atoms with Crippen LogP contribution in [-0.4, -0.2) is 41.4 Å². The van der Waals surface area contributed by atoms with Crippen molar-refractivity contribution in [1.82, 2.24) is 4.90 Å². The van der Waals surface area contributed by atoms with E-state index in [1.54, 1.807) is 4.90 Å². The van der Waals surface area contributed by atoms with Gasteiger partial charge in [0, 0.05) is 18.5 Å². The Balaban J connectivity index is 2.03. The Morgan fingerprint density at radius 2 is 2.17 bits per heavy atom. The number of likely N-dealkylation sites (tertiary alicyclic amines) is 1. The first kappa shape index (κ1) is 13.7. The van der Waals surface area contributed by atoms with Crippen LogP contribution in [0.25, 0.3) is 0 Å². The number of fused-ring (bicyclic) bond motifs is 1. The molecule has 0 radical (unpaired) electrons. The predicted molar refractivity (Wildman–Crippen MR) is 69.3 cm³/mol. The molecule has 0 spiro atoms. The number of aliphatic hydroxyl groups is 1. The minimum Gasteiger partial charge on any atom is -0.444 e. The Bertz CT molecular complexity index is 323. The fourth-order valence-electron chi connectivity index (χ4n) is 3.31. The fraction of sp³-hybridized carbons (Fsp3) is 0.929. The Kier molecular flexibility index (Phi) is 3.58. The molecule has 2 atom stereocenters. The fourth-order valence-corrected chi connectivity index (χ4v) is 3.31. The normalized spacial score (nSPS) is 32.2. The monoisotopic (exact) mass is 255 g/mol. The quantitative estimate of drug-likeness (QED) is 0.782. The van der Waals surface area contributed by atoms with Crippen molar-refractivity contribution in [2.75, 3.05) is 19.7 Å². The van der Waals surface area contributed by atoms with Gasteiger partial charge in [0.2, 0.25) is 0 Å². The number of hydrogen-bond acceptors (Lipinski definition) is 3. The molecule has 2 aliphatic rings. The largest absolute Gasteiger partial charge is 0.444 e. The van der Waals surface area contributed by atoms with Crippen LogP contribution < -0.4 is 0 Å². The summed E-state index contributed by atoms with van der Waals surface area (Å²) in [4.78, 5) is 13.9. The second-order valence-corrected chi connectivity index (χ2v) is 6.82. The highest BCUT2D eigenvalue weighted by molar-refractivity contribution is 5.68. The third-order valence-corrected chi connectivity index (χ3v) is 4.26. The van der Waals surface area contributed by atoms with Gasteiger partial charge in [-0.25, -0.2) is 4.79 Å². The summed E-state index contributed by atoms with van der Waals surface area (Å²) in [6.07, 6.45) is 4.31. The average Bonchev–Trinajstić information content (AvgIpc) is 2.66. The van der Waals surface area contributed by atoms with Gasteiger partial charge in [0.1, 0.15) is 5.60 Å². The SMILES string of the molecule is CC(C)(C)OC(=O)N1C[C@@H]2CCCC[C@]2(CO)C1. The van der Waals surface area contributed by atoms with Crippen LogP contribution in [0.1, 0.15) is 46.5 Å². The molecule has 2 rings (SSSR count). The topological polar surface area (TPSA) is 49.8 Å². The van der Waals surface area contributed by atoms with E-state index < -0.39 is 5.60 Å². The van der Waals surface area contributed by atoms with Crippen molar-refractivity contribution in [3.63, 3.8) is 0 Å². The second-order valence-electron chi connectivity index (χ2n) is 6.82. The Morgan fingerprint density at radius 3 is 2.72 bits per heavy atom. The highest BCUT2D eigenvalue weighted by Crippen LogP contribution is 2.46. The smallest absolute Gasteiger partial charge is 0.410 e. The number of rotatable bonds is 1. The maximum atomic E-state index is 12.1. The minimum absolute atomic E-state index is 0.0604. The van der Waals surface area contributed by atoms with E-state index in [0.717, 1.165) is 19.4 Å². The van der Waals surface area contributed by atoms with Crippen LogP contribution in [-0.2, 0) is 4.74 Å². The molecule has 2 fully saturated rings. The zero-order valence-corrected chi connectivity index (χ0v) is 11.7. The molecule has 4 heteroatoms. The molecule has 1 amide bonds. The summed E-state index contributed by atoms with van der Waals surface area (Å²) >= 11 is 0. The number of hydrogen-bond donors (Lipinski definition) is 1. The van der Waals surface area contributed by atoms with E-state index in [2.05, 4.69) is 0 Å². The zero-order chi connectivity index (χ0) is 13.4. The third-order valence-electron chi connectivity index (χ3n) is 4.26. The van der Waals surface area contributed by atoms with Crippen molar-refractivity contribution < 1.29 is 14.6 Å². The van der Waals surface area contributed by atoms with E-state index in [-0.39, 0.29) is 18.1 Å². The first-order valence-electron chi connectivity index (χ1n) is 6.95. The molecule has 1 aliphatic heterocycles. The third kappa shape index (κ3) is 2.63. The lowest BCUT2D eigenvalue weighted by Gasteiger charge is -2.36. The van der Waals surface area contributed by atoms with Gasteiger partial charge in [-0.05, 0) is 39.5 Å². The molecule has 0 unspecified atom stereocenters. The van der Waals surface area contributed by atoms with Crippen LogP contribution in [0.4, 0.5) is 4.79 Å². The molecule has 1 heterocycles. The summed E-state index contributed by atoms with van der Waals surface area (Å²) in [6, 6.07) is 0. The van der Waals surface area contributed by atoms with E-state index in [9.17, 15) is 9.90 Å². The molecule has 1 N–H and O–H groups in total. The van der Waals surface area contributed by atoms with Gasteiger partial charge in [-0.15, -0.1) is 0 Å². The van der Waals surface area contributed by atoms with Gasteiger partial charge in [-0.1, -0.05) is 12.8 Å². The second kappa shape index (κ2) is 4.72. The van der Waals surface area contributed by atoms with Crippen LogP contribution in [0.15, 0.2) is 0 Å². The van der Waals surface area contributed by atoms with Crippen LogP contribution in [0, 0.1) is 11.3 Å². The summed E-state index contributed by atoms with van der Waals surface area (Å²) < 4.78 is 5.42. The van der Waals surface area contributed by atoms with Gasteiger partial charge in [0.15, 0.2) is 0 Å². The number of aliphatic hydroxyl groups excluding tert-OH is 1. The first-order valence-corrected chi connectivity index (χ1v) is 6.95. The van der Waals surface area contributed by atoms with Gasteiger partial charge in [0.25, 0.3) is 0 Å². The number of carbonyl (C=O) groups excluding carboxylic acids is 1. The molecule has 104 valence electrons. The highest BCUT2D eigenvalue weighted by atomic mass is 16.6. The summed E-state index contributed by atoms with van der Waals surface area (Å²) in [5.41, 5.74) is -0.508. The maximum absolute atomic E-state index is 12.1. The molecule has 0 aromatic heterocycles. The number of nitrogens with zero attached hydrogens (tertiary/aromatic N) is 1. The summed E-state index contributed by atoms with van der Waals surface area (Å²) in [5.74, 6) is 0.448. The lowest BCUT2D eigenvalue weighted by Crippen LogP contribution is -2.39. The molecule has 0 aromatic rings. The Labute approximate surface area is 109 Å². The van der Waals surface area contributed by atoms with Crippen molar-refractivity contribution in [3.8, 4) is 0 Å². The summed E-state index contributed by atoms with van der Waals surface area (Å²) in [5, 5.41) is 9.71. The summed E-state index contributed by atoms with van der Waals surface area (Å²) in [7, 11) is 0. The molecule has 0 bridgehead atoms. The van der Waals surface area contributed by atoms with Gasteiger partial charge < -0.3 is 14.7 Å². The van der Waals surface area contributed by atoms with Gasteiger partial charge in [-0.2, -0.15) is 0 Å². The molecular formula is C14H25NO3. The minimum atomic E-state index is -0.447. The van der Waals surface area contributed by atoms with Crippen molar-refractivity contribution in [2.24, 2.45) is 11.3 Å². The Morgan fingerprint density at radius 1 is 1.44 bits per heavy atom. The van der Waals surface area contributed by atoms with Crippen LogP contribution >= 0.6 is 0 Å². The van der Waals surface area contributed by atoms with E-state index in [1.807, 2.05) is 20.8 Å². The van der Waals surface area contributed by atoms with E-state index in [1.165, 1.54) is 12.8 Å². The van der Waals surface area contributed by atoms with Crippen molar-refractivity contribution in [2.45, 2.75) is 52.1 Å². The van der Waals surface area contributed by atoms with Crippen LogP contribution in [0.5, 0.6) is 0 Å². The molecule has 4 nitrogen and oxygen atoms in total.